The topological polar surface area (TPSA) is 0 Å². The standard InChI is InChI=1S/C35H25B2.5C2H6.Y/c1-21-13-28-16-23-8-3-5-12-31(23)37-33-20-32-26(18-27(33)19-29(14-21)35(28)37)17-25-10-6-9-24-15-22-7-2-4-11-30(22)36(32)34(24)25;5*1-2;/h2-5,7-14,18,20H,15-17,19H2,1H3;5*1-2H3;/q-1;;;;;;. The van der Waals surface area contributed by atoms with Crippen LogP contribution in [0.4, 0.5) is 0 Å². The Morgan fingerprint density at radius 1 is 0.417 bits per heavy atom. The maximum atomic E-state index is 3.48. The van der Waals surface area contributed by atoms with Crippen molar-refractivity contribution in [2.45, 2.75) is 102 Å². The van der Waals surface area contributed by atoms with E-state index in [-0.39, 0.29) is 32.7 Å². The molecule has 9 rings (SSSR count). The normalized spacial score (nSPS) is 12.3. The van der Waals surface area contributed by atoms with Gasteiger partial charge in [-0.15, -0.1) is 0 Å². The first-order valence-electron chi connectivity index (χ1n) is 18.7. The molecule has 0 saturated heterocycles. The van der Waals surface area contributed by atoms with Crippen molar-refractivity contribution in [3.63, 3.8) is 0 Å². The van der Waals surface area contributed by atoms with Crippen LogP contribution in [0.5, 0.6) is 0 Å². The predicted molar refractivity (Wildman–Crippen MR) is 213 cm³/mol. The van der Waals surface area contributed by atoms with E-state index in [4.69, 9.17) is 0 Å². The van der Waals surface area contributed by atoms with E-state index >= 15 is 0 Å². The zero-order valence-corrected chi connectivity index (χ0v) is 34.5. The van der Waals surface area contributed by atoms with E-state index in [1.807, 2.05) is 69.2 Å². The average Bonchev–Trinajstić information content (AvgIpc) is 3.14. The molecule has 0 aromatic heterocycles. The van der Waals surface area contributed by atoms with Crippen LogP contribution in [0.25, 0.3) is 0 Å². The second kappa shape index (κ2) is 18.4. The molecular formula is C45H55B2Y-. The summed E-state index contributed by atoms with van der Waals surface area (Å²) in [5, 5.41) is 0. The van der Waals surface area contributed by atoms with Gasteiger partial charge in [-0.25, -0.2) is 0 Å². The van der Waals surface area contributed by atoms with Gasteiger partial charge in [0.05, 0.1) is 0 Å². The monoisotopic (exact) mass is 706 g/mol. The summed E-state index contributed by atoms with van der Waals surface area (Å²) in [6.07, 6.45) is 4.15. The summed E-state index contributed by atoms with van der Waals surface area (Å²) in [5.41, 5.74) is 22.6. The van der Waals surface area contributed by atoms with Gasteiger partial charge < -0.3 is 0 Å². The Kier molecular flexibility index (Phi) is 15.2. The van der Waals surface area contributed by atoms with Crippen molar-refractivity contribution >= 4 is 46.2 Å². The Balaban J connectivity index is 0.000000525. The molecule has 48 heavy (non-hydrogen) atoms. The number of hydrogen-bond donors (Lipinski definition) is 0. The van der Waals surface area contributed by atoms with E-state index in [1.165, 1.54) is 66.5 Å². The van der Waals surface area contributed by atoms with Crippen molar-refractivity contribution in [1.82, 2.24) is 0 Å². The molecule has 4 heterocycles. The molecule has 5 aromatic carbocycles. The van der Waals surface area contributed by atoms with Crippen LogP contribution in [0.3, 0.4) is 0 Å². The van der Waals surface area contributed by atoms with Crippen molar-refractivity contribution < 1.29 is 32.7 Å². The maximum Gasteiger partial charge on any atom is 0.242 e. The number of benzene rings is 5. The van der Waals surface area contributed by atoms with Gasteiger partial charge in [-0.05, 0) is 54.9 Å². The predicted octanol–water partition coefficient (Wildman–Crippen LogP) is 7.57. The molecule has 0 spiro atoms. The second-order valence-electron chi connectivity index (χ2n) is 11.6. The average molecular weight is 706 g/mol. The Morgan fingerprint density at radius 3 is 1.27 bits per heavy atom. The Morgan fingerprint density at radius 2 is 0.792 bits per heavy atom. The summed E-state index contributed by atoms with van der Waals surface area (Å²) in [6.45, 7) is 22.9. The van der Waals surface area contributed by atoms with Crippen LogP contribution < -0.4 is 32.8 Å². The van der Waals surface area contributed by atoms with Gasteiger partial charge in [0, 0.05) is 32.7 Å². The van der Waals surface area contributed by atoms with Gasteiger partial charge in [0.15, 0.2) is 0 Å². The van der Waals surface area contributed by atoms with Crippen LogP contribution >= 0.6 is 0 Å². The Labute approximate surface area is 319 Å². The minimum atomic E-state index is 0. The van der Waals surface area contributed by atoms with E-state index in [9.17, 15) is 0 Å². The smallest absolute Gasteiger partial charge is 0.183 e. The number of rotatable bonds is 0. The van der Waals surface area contributed by atoms with Crippen LogP contribution in [0, 0.1) is 13.0 Å². The number of fused-ring (bicyclic) bond motifs is 8. The number of hydrogen-bond acceptors (Lipinski definition) is 0. The van der Waals surface area contributed by atoms with Gasteiger partial charge in [-0.3, -0.25) is 0 Å². The van der Waals surface area contributed by atoms with Crippen molar-refractivity contribution in [3.8, 4) is 0 Å². The molecule has 0 aliphatic carbocycles. The van der Waals surface area contributed by atoms with E-state index in [0.29, 0.717) is 13.4 Å². The van der Waals surface area contributed by atoms with Gasteiger partial charge in [-0.2, -0.15) is 34.8 Å². The van der Waals surface area contributed by atoms with Gasteiger partial charge >= 0.3 is 0 Å². The summed E-state index contributed by atoms with van der Waals surface area (Å²) in [6, 6.07) is 36.4. The third-order valence-corrected chi connectivity index (χ3v) is 9.56. The zero-order valence-electron chi connectivity index (χ0n) is 31.6. The molecule has 0 nitrogen and oxygen atoms in total. The first-order valence-corrected chi connectivity index (χ1v) is 18.7. The summed E-state index contributed by atoms with van der Waals surface area (Å²) in [4.78, 5) is 0. The van der Waals surface area contributed by atoms with E-state index in [2.05, 4.69) is 97.9 Å². The van der Waals surface area contributed by atoms with Gasteiger partial charge in [0.2, 0.25) is 13.4 Å². The summed E-state index contributed by atoms with van der Waals surface area (Å²) in [7, 11) is 0. The van der Waals surface area contributed by atoms with Crippen LogP contribution in [0.15, 0.2) is 84.9 Å². The van der Waals surface area contributed by atoms with Crippen molar-refractivity contribution in [2.24, 2.45) is 0 Å². The molecule has 4 aliphatic heterocycles. The van der Waals surface area contributed by atoms with Gasteiger partial charge in [0.1, 0.15) is 0 Å². The minimum absolute atomic E-state index is 0. The third kappa shape index (κ3) is 7.00. The first kappa shape index (κ1) is 39.8. The van der Waals surface area contributed by atoms with Gasteiger partial charge in [0.25, 0.3) is 0 Å². The molecule has 4 aliphatic rings. The molecule has 0 amide bonds. The Bertz CT molecular complexity index is 1820. The van der Waals surface area contributed by atoms with Gasteiger partial charge in [-0.1, -0.05) is 186 Å². The van der Waals surface area contributed by atoms with Crippen molar-refractivity contribution in [3.05, 3.63) is 141 Å². The molecular weight excluding hydrogens is 651 g/mol. The van der Waals surface area contributed by atoms with E-state index in [1.54, 1.807) is 16.4 Å². The quantitative estimate of drug-likeness (QED) is 0.113. The first-order chi connectivity index (χ1) is 23.2. The fourth-order valence-electron chi connectivity index (χ4n) is 8.19. The molecule has 0 N–H and O–H groups in total. The minimum Gasteiger partial charge on any atom is -0.183 e. The van der Waals surface area contributed by atoms with Crippen LogP contribution in [-0.4, -0.2) is 13.4 Å². The van der Waals surface area contributed by atoms with E-state index in [0.717, 1.165) is 25.7 Å². The summed E-state index contributed by atoms with van der Waals surface area (Å²) < 4.78 is 0. The number of aryl methyl sites for hydroxylation is 1. The molecule has 0 saturated carbocycles. The molecule has 0 fully saturated rings. The molecule has 1 radical (unpaired) electrons. The summed E-state index contributed by atoms with van der Waals surface area (Å²) >= 11 is 0. The molecule has 3 heteroatoms. The van der Waals surface area contributed by atoms with Crippen molar-refractivity contribution in [1.29, 1.82) is 0 Å². The third-order valence-electron chi connectivity index (χ3n) is 9.56. The maximum absolute atomic E-state index is 3.48. The molecule has 0 unspecified atom stereocenters. The Hall–Kier alpha value is -2.67. The van der Waals surface area contributed by atoms with Crippen molar-refractivity contribution in [2.75, 3.05) is 0 Å². The zero-order chi connectivity index (χ0) is 34.2. The molecule has 0 bridgehead atoms. The second-order valence-corrected chi connectivity index (χ2v) is 11.6. The molecule has 0 atom stereocenters. The fraction of sp³-hybridized carbons (Fsp3) is 0.333. The van der Waals surface area contributed by atoms with E-state index < -0.39 is 0 Å². The molecule has 245 valence electrons. The van der Waals surface area contributed by atoms with Crippen LogP contribution in [0.2, 0.25) is 0 Å². The fourth-order valence-corrected chi connectivity index (χ4v) is 8.19. The molecule has 5 aromatic rings. The van der Waals surface area contributed by atoms with Crippen LogP contribution in [-0.2, 0) is 58.4 Å². The largest absolute Gasteiger partial charge is 0.242 e. The summed E-state index contributed by atoms with van der Waals surface area (Å²) in [5.74, 6) is 0. The van der Waals surface area contributed by atoms with Crippen LogP contribution in [0.1, 0.15) is 119 Å². The SMILES string of the molecule is CC.CC.CC.CC.CC.Cc1cc2c3c(c1)Cc1cc4c(cc1B3c1ccccc1C2)B1c2ccccc2Cc2c[c-]cc(c21)C4.[Y].